The predicted octanol–water partition coefficient (Wildman–Crippen LogP) is 2.80. The van der Waals surface area contributed by atoms with Crippen LogP contribution in [-0.2, 0) is 18.4 Å². The number of aryl methyl sites for hydroxylation is 1. The summed E-state index contributed by atoms with van der Waals surface area (Å²) in [6, 6.07) is 3.84. The standard InChI is InChI=1S/C17H22N4O3S/c1-3-7-17(15(22)23)8-4-9-21(11-17)10-13-5-6-14(24-13)25-16-19-18-12-20(16)2/h3,5-6,12H,1,4,7-11H2,2H3,(H,22,23)/t17-/m1/s1. The third kappa shape index (κ3) is 3.96. The number of rotatable bonds is 7. The SMILES string of the molecule is C=CC[C@@]1(C(=O)O)CCCN(Cc2ccc(Sc3nncn3C)o2)C1. The fraction of sp³-hybridized carbons (Fsp3) is 0.471. The minimum Gasteiger partial charge on any atom is -0.481 e. The van der Waals surface area contributed by atoms with Gasteiger partial charge in [-0.05, 0) is 49.7 Å². The van der Waals surface area contributed by atoms with Crippen molar-refractivity contribution in [3.8, 4) is 0 Å². The summed E-state index contributed by atoms with van der Waals surface area (Å²) in [5.41, 5.74) is -0.733. The average molecular weight is 362 g/mol. The van der Waals surface area contributed by atoms with Crippen molar-refractivity contribution in [1.29, 1.82) is 0 Å². The van der Waals surface area contributed by atoms with E-state index in [1.54, 1.807) is 12.4 Å². The summed E-state index contributed by atoms with van der Waals surface area (Å²) in [4.78, 5) is 13.9. The molecule has 1 aliphatic rings. The summed E-state index contributed by atoms with van der Waals surface area (Å²) in [6.07, 6.45) is 5.40. The predicted molar refractivity (Wildman–Crippen MR) is 93.2 cm³/mol. The Bertz CT molecular complexity index is 757. The van der Waals surface area contributed by atoms with Gasteiger partial charge in [0.2, 0.25) is 0 Å². The maximum atomic E-state index is 11.8. The van der Waals surface area contributed by atoms with E-state index in [1.165, 1.54) is 11.8 Å². The van der Waals surface area contributed by atoms with E-state index in [0.29, 0.717) is 25.9 Å². The summed E-state index contributed by atoms with van der Waals surface area (Å²) >= 11 is 1.41. The van der Waals surface area contributed by atoms with Crippen LogP contribution in [0.1, 0.15) is 25.0 Å². The van der Waals surface area contributed by atoms with Crippen molar-refractivity contribution in [2.45, 2.75) is 36.1 Å². The lowest BCUT2D eigenvalue weighted by molar-refractivity contribution is -0.152. The van der Waals surface area contributed by atoms with E-state index in [4.69, 9.17) is 4.42 Å². The number of hydrogen-bond acceptors (Lipinski definition) is 6. The minimum atomic E-state index is -0.741. The molecule has 3 heterocycles. The number of likely N-dealkylation sites (tertiary alicyclic amines) is 1. The smallest absolute Gasteiger partial charge is 0.311 e. The molecule has 0 spiro atoms. The number of aliphatic carboxylic acids is 1. The van der Waals surface area contributed by atoms with Crippen LogP contribution in [0, 0.1) is 5.41 Å². The van der Waals surface area contributed by atoms with E-state index in [2.05, 4.69) is 21.7 Å². The van der Waals surface area contributed by atoms with Gasteiger partial charge in [0.05, 0.1) is 12.0 Å². The van der Waals surface area contributed by atoms with Gasteiger partial charge in [0, 0.05) is 13.6 Å². The van der Waals surface area contributed by atoms with E-state index in [-0.39, 0.29) is 0 Å². The Labute approximate surface area is 150 Å². The van der Waals surface area contributed by atoms with Crippen molar-refractivity contribution in [3.05, 3.63) is 36.9 Å². The summed E-state index contributed by atoms with van der Waals surface area (Å²) in [6.45, 7) is 5.71. The van der Waals surface area contributed by atoms with Crippen LogP contribution in [0.15, 0.2) is 45.8 Å². The number of carboxylic acid groups (broad SMARTS) is 1. The van der Waals surface area contributed by atoms with Crippen LogP contribution in [-0.4, -0.2) is 43.8 Å². The van der Waals surface area contributed by atoms with Gasteiger partial charge in [-0.15, -0.1) is 16.8 Å². The van der Waals surface area contributed by atoms with Crippen molar-refractivity contribution in [3.63, 3.8) is 0 Å². The van der Waals surface area contributed by atoms with Gasteiger partial charge in [-0.2, -0.15) is 0 Å². The maximum absolute atomic E-state index is 11.8. The van der Waals surface area contributed by atoms with E-state index in [1.807, 2.05) is 23.7 Å². The van der Waals surface area contributed by atoms with Gasteiger partial charge in [-0.3, -0.25) is 9.69 Å². The first-order chi connectivity index (χ1) is 12.0. The Kier molecular flexibility index (Phi) is 5.29. The van der Waals surface area contributed by atoms with Crippen molar-refractivity contribution in [1.82, 2.24) is 19.7 Å². The normalized spacial score (nSPS) is 21.3. The molecule has 2 aromatic heterocycles. The third-order valence-electron chi connectivity index (χ3n) is 4.52. The molecule has 0 aliphatic carbocycles. The molecule has 0 bridgehead atoms. The maximum Gasteiger partial charge on any atom is 0.311 e. The number of allylic oxidation sites excluding steroid dienone is 1. The molecule has 8 heteroatoms. The van der Waals surface area contributed by atoms with Crippen LogP contribution < -0.4 is 0 Å². The quantitative estimate of drug-likeness (QED) is 0.758. The molecule has 134 valence electrons. The lowest BCUT2D eigenvalue weighted by Crippen LogP contribution is -2.47. The first-order valence-electron chi connectivity index (χ1n) is 8.20. The zero-order chi connectivity index (χ0) is 17.9. The molecule has 0 amide bonds. The Morgan fingerprint density at radius 2 is 2.40 bits per heavy atom. The Hall–Kier alpha value is -2.06. The highest BCUT2D eigenvalue weighted by molar-refractivity contribution is 7.99. The number of nitrogens with zero attached hydrogens (tertiary/aromatic N) is 4. The summed E-state index contributed by atoms with van der Waals surface area (Å²) < 4.78 is 7.70. The van der Waals surface area contributed by atoms with Gasteiger partial charge in [-0.25, -0.2) is 0 Å². The molecule has 1 aliphatic heterocycles. The highest BCUT2D eigenvalue weighted by Gasteiger charge is 2.41. The molecular formula is C17H22N4O3S. The van der Waals surface area contributed by atoms with Gasteiger partial charge < -0.3 is 14.1 Å². The zero-order valence-corrected chi connectivity index (χ0v) is 15.0. The highest BCUT2D eigenvalue weighted by Crippen LogP contribution is 2.35. The second kappa shape index (κ2) is 7.45. The largest absolute Gasteiger partial charge is 0.481 e. The van der Waals surface area contributed by atoms with Crippen LogP contribution in [0.3, 0.4) is 0 Å². The summed E-state index contributed by atoms with van der Waals surface area (Å²) in [5, 5.41) is 19.0. The Balaban J connectivity index is 1.65. The fourth-order valence-electron chi connectivity index (χ4n) is 3.24. The molecule has 0 aromatic carbocycles. The summed E-state index contributed by atoms with van der Waals surface area (Å²) in [5.74, 6) is 0.0829. The first kappa shape index (κ1) is 17.8. The second-order valence-corrected chi connectivity index (χ2v) is 7.41. The van der Waals surface area contributed by atoms with Gasteiger partial charge in [0.1, 0.15) is 12.1 Å². The van der Waals surface area contributed by atoms with E-state index in [9.17, 15) is 9.90 Å². The number of hydrogen-bond donors (Lipinski definition) is 1. The van der Waals surface area contributed by atoms with Crippen molar-refractivity contribution in [2.75, 3.05) is 13.1 Å². The Morgan fingerprint density at radius 1 is 1.56 bits per heavy atom. The van der Waals surface area contributed by atoms with Gasteiger partial charge in [0.25, 0.3) is 0 Å². The van der Waals surface area contributed by atoms with E-state index in [0.717, 1.165) is 29.0 Å². The number of carbonyl (C=O) groups is 1. The molecule has 1 atom stereocenters. The van der Waals surface area contributed by atoms with E-state index >= 15 is 0 Å². The van der Waals surface area contributed by atoms with Crippen LogP contribution in [0.4, 0.5) is 0 Å². The zero-order valence-electron chi connectivity index (χ0n) is 14.2. The Morgan fingerprint density at radius 3 is 3.08 bits per heavy atom. The summed E-state index contributed by atoms with van der Waals surface area (Å²) in [7, 11) is 1.88. The first-order valence-corrected chi connectivity index (χ1v) is 9.01. The lowest BCUT2D eigenvalue weighted by atomic mass is 9.77. The minimum absolute atomic E-state index is 0.490. The molecular weight excluding hydrogens is 340 g/mol. The topological polar surface area (TPSA) is 84.4 Å². The van der Waals surface area contributed by atoms with Gasteiger partial charge in [0.15, 0.2) is 10.2 Å². The van der Waals surface area contributed by atoms with Gasteiger partial charge >= 0.3 is 5.97 Å². The number of carboxylic acids is 1. The molecule has 0 saturated carbocycles. The van der Waals surface area contributed by atoms with Crippen molar-refractivity contribution in [2.24, 2.45) is 12.5 Å². The van der Waals surface area contributed by atoms with E-state index < -0.39 is 11.4 Å². The fourth-order valence-corrected chi connectivity index (χ4v) is 3.98. The van der Waals surface area contributed by atoms with Crippen LogP contribution in [0.5, 0.6) is 0 Å². The second-order valence-electron chi connectivity index (χ2n) is 6.44. The molecule has 0 unspecified atom stereocenters. The number of furan rings is 1. The highest BCUT2D eigenvalue weighted by atomic mass is 32.2. The number of aromatic nitrogens is 3. The molecule has 2 aromatic rings. The molecule has 1 N–H and O–H groups in total. The average Bonchev–Trinajstić information content (AvgIpc) is 3.18. The molecule has 0 radical (unpaired) electrons. The lowest BCUT2D eigenvalue weighted by Gasteiger charge is -2.39. The monoisotopic (exact) mass is 362 g/mol. The molecule has 1 fully saturated rings. The molecule has 3 rings (SSSR count). The molecule has 1 saturated heterocycles. The third-order valence-corrected chi connectivity index (χ3v) is 5.50. The van der Waals surface area contributed by atoms with Crippen LogP contribution in [0.2, 0.25) is 0 Å². The number of piperidine rings is 1. The van der Waals surface area contributed by atoms with Crippen molar-refractivity contribution < 1.29 is 14.3 Å². The van der Waals surface area contributed by atoms with Crippen LogP contribution >= 0.6 is 11.8 Å². The molecule has 25 heavy (non-hydrogen) atoms. The van der Waals surface area contributed by atoms with Crippen LogP contribution in [0.25, 0.3) is 0 Å². The molecule has 7 nitrogen and oxygen atoms in total. The van der Waals surface area contributed by atoms with Crippen molar-refractivity contribution >= 4 is 17.7 Å². The van der Waals surface area contributed by atoms with Gasteiger partial charge in [-0.1, -0.05) is 6.08 Å².